The normalized spacial score (nSPS) is 10.6. The molecule has 2 rings (SSSR count). The number of benzene rings is 2. The van der Waals surface area contributed by atoms with Crippen molar-refractivity contribution in [3.63, 3.8) is 0 Å². The van der Waals surface area contributed by atoms with Crippen LogP contribution < -0.4 is 0 Å². The van der Waals surface area contributed by atoms with Crippen molar-refractivity contribution < 1.29 is 4.79 Å². The van der Waals surface area contributed by atoms with Gasteiger partial charge in [-0.15, -0.1) is 0 Å². The molecule has 0 aliphatic rings. The number of aldehydes is 1. The van der Waals surface area contributed by atoms with Gasteiger partial charge in [0.15, 0.2) is 0 Å². The molecule has 0 amide bonds. The van der Waals surface area contributed by atoms with Crippen LogP contribution in [0.15, 0.2) is 30.3 Å². The lowest BCUT2D eigenvalue weighted by Crippen LogP contribution is -1.93. The van der Waals surface area contributed by atoms with Crippen molar-refractivity contribution in [2.45, 2.75) is 26.7 Å². The highest BCUT2D eigenvalue weighted by Crippen LogP contribution is 2.23. The molecule has 0 aliphatic heterocycles. The van der Waals surface area contributed by atoms with Crippen LogP contribution in [0.1, 0.15) is 35.3 Å². The Labute approximate surface area is 96.1 Å². The van der Waals surface area contributed by atoms with Crippen LogP contribution in [0.3, 0.4) is 0 Å². The summed E-state index contributed by atoms with van der Waals surface area (Å²) in [5.74, 6) is 0. The molecule has 82 valence electrons. The molecule has 0 saturated heterocycles. The summed E-state index contributed by atoms with van der Waals surface area (Å²) in [6, 6.07) is 10.4. The summed E-state index contributed by atoms with van der Waals surface area (Å²) in [5, 5.41) is 2.45. The van der Waals surface area contributed by atoms with Crippen LogP contribution in [-0.2, 0) is 12.8 Å². The van der Waals surface area contributed by atoms with Crippen LogP contribution in [0.2, 0.25) is 0 Å². The van der Waals surface area contributed by atoms with Crippen molar-refractivity contribution in [1.82, 2.24) is 0 Å². The fraction of sp³-hybridized carbons (Fsp3) is 0.267. The number of carbonyl (C=O) groups excluding carboxylic acids is 1. The molecule has 0 aliphatic carbocycles. The standard InChI is InChI=1S/C15H16O/c1-3-11-6-5-7-13-8-14(10-16)12(4-2)9-15(11)13/h5-10H,3-4H2,1-2H3. The van der Waals surface area contributed by atoms with E-state index in [4.69, 9.17) is 0 Å². The van der Waals surface area contributed by atoms with Crippen molar-refractivity contribution >= 4 is 17.1 Å². The molecule has 0 bridgehead atoms. The Morgan fingerprint density at radius 1 is 1.06 bits per heavy atom. The van der Waals surface area contributed by atoms with Gasteiger partial charge < -0.3 is 0 Å². The number of fused-ring (bicyclic) bond motifs is 1. The van der Waals surface area contributed by atoms with Gasteiger partial charge >= 0.3 is 0 Å². The zero-order valence-electron chi connectivity index (χ0n) is 9.79. The quantitative estimate of drug-likeness (QED) is 0.708. The Morgan fingerprint density at radius 2 is 1.81 bits per heavy atom. The van der Waals surface area contributed by atoms with Gasteiger partial charge in [-0.2, -0.15) is 0 Å². The van der Waals surface area contributed by atoms with Crippen molar-refractivity contribution in [2.75, 3.05) is 0 Å². The fourth-order valence-corrected chi connectivity index (χ4v) is 2.18. The average Bonchev–Trinajstić information content (AvgIpc) is 2.36. The maximum absolute atomic E-state index is 11.0. The van der Waals surface area contributed by atoms with Gasteiger partial charge in [-0.05, 0) is 40.8 Å². The van der Waals surface area contributed by atoms with Crippen molar-refractivity contribution in [3.05, 3.63) is 47.0 Å². The third kappa shape index (κ3) is 1.73. The highest BCUT2D eigenvalue weighted by molar-refractivity contribution is 5.92. The predicted molar refractivity (Wildman–Crippen MR) is 68.1 cm³/mol. The van der Waals surface area contributed by atoms with Crippen LogP contribution in [0.25, 0.3) is 10.8 Å². The lowest BCUT2D eigenvalue weighted by Gasteiger charge is -2.08. The van der Waals surface area contributed by atoms with Gasteiger partial charge in [0, 0.05) is 5.56 Å². The molecule has 0 spiro atoms. The van der Waals surface area contributed by atoms with E-state index in [9.17, 15) is 4.79 Å². The van der Waals surface area contributed by atoms with Crippen molar-refractivity contribution in [1.29, 1.82) is 0 Å². The van der Waals surface area contributed by atoms with Crippen LogP contribution >= 0.6 is 0 Å². The SMILES string of the molecule is CCc1cc2c(CC)cccc2cc1C=O. The minimum absolute atomic E-state index is 0.822. The van der Waals surface area contributed by atoms with E-state index < -0.39 is 0 Å². The summed E-state index contributed by atoms with van der Waals surface area (Å²) in [6.45, 7) is 4.25. The minimum atomic E-state index is 0.822. The van der Waals surface area contributed by atoms with Gasteiger partial charge in [-0.3, -0.25) is 4.79 Å². The van der Waals surface area contributed by atoms with Gasteiger partial charge in [0.2, 0.25) is 0 Å². The lowest BCUT2D eigenvalue weighted by molar-refractivity contribution is 0.112. The van der Waals surface area contributed by atoms with E-state index in [2.05, 4.69) is 38.1 Å². The second-order valence-corrected chi connectivity index (χ2v) is 4.01. The van der Waals surface area contributed by atoms with Gasteiger partial charge in [0.25, 0.3) is 0 Å². The van der Waals surface area contributed by atoms with Crippen molar-refractivity contribution in [2.24, 2.45) is 0 Å². The lowest BCUT2D eigenvalue weighted by atomic mass is 9.96. The Bertz CT molecular complexity index is 526. The molecule has 1 nitrogen and oxygen atoms in total. The monoisotopic (exact) mass is 212 g/mol. The van der Waals surface area contributed by atoms with Gasteiger partial charge in [0.05, 0.1) is 0 Å². The molecule has 0 saturated carbocycles. The first kappa shape index (κ1) is 10.9. The zero-order valence-corrected chi connectivity index (χ0v) is 9.79. The maximum atomic E-state index is 11.0. The third-order valence-corrected chi connectivity index (χ3v) is 3.12. The Kier molecular flexibility index (Phi) is 3.04. The molecule has 0 fully saturated rings. The molecule has 2 aromatic rings. The summed E-state index contributed by atoms with van der Waals surface area (Å²) < 4.78 is 0. The minimum Gasteiger partial charge on any atom is -0.298 e. The van der Waals surface area contributed by atoms with Crippen LogP contribution in [-0.4, -0.2) is 6.29 Å². The largest absolute Gasteiger partial charge is 0.298 e. The van der Waals surface area contributed by atoms with Crippen molar-refractivity contribution in [3.8, 4) is 0 Å². The first-order valence-electron chi connectivity index (χ1n) is 5.79. The predicted octanol–water partition coefficient (Wildman–Crippen LogP) is 3.78. The van der Waals surface area contributed by atoms with Crippen LogP contribution in [0.4, 0.5) is 0 Å². The summed E-state index contributed by atoms with van der Waals surface area (Å²) in [7, 11) is 0. The molecule has 2 aromatic carbocycles. The summed E-state index contributed by atoms with van der Waals surface area (Å²) in [5.41, 5.74) is 3.32. The number of rotatable bonds is 3. The summed E-state index contributed by atoms with van der Waals surface area (Å²) in [4.78, 5) is 11.0. The fourth-order valence-electron chi connectivity index (χ4n) is 2.18. The molecular formula is C15H16O. The molecule has 1 heteroatoms. The Balaban J connectivity index is 2.77. The van der Waals surface area contributed by atoms with Gasteiger partial charge in [-0.1, -0.05) is 38.1 Å². The number of carbonyl (C=O) groups is 1. The van der Waals surface area contributed by atoms with Crippen LogP contribution in [0.5, 0.6) is 0 Å². The van der Waals surface area contributed by atoms with E-state index in [1.165, 1.54) is 16.3 Å². The van der Waals surface area contributed by atoms with Gasteiger partial charge in [0.1, 0.15) is 6.29 Å². The van der Waals surface area contributed by atoms with E-state index in [1.807, 2.05) is 6.07 Å². The maximum Gasteiger partial charge on any atom is 0.150 e. The highest BCUT2D eigenvalue weighted by Gasteiger charge is 2.05. The van der Waals surface area contributed by atoms with Crippen LogP contribution in [0, 0.1) is 0 Å². The molecule has 0 unspecified atom stereocenters. The highest BCUT2D eigenvalue weighted by atomic mass is 16.1. The summed E-state index contributed by atoms with van der Waals surface area (Å²) in [6.07, 6.45) is 2.89. The topological polar surface area (TPSA) is 17.1 Å². The Hall–Kier alpha value is -1.63. The average molecular weight is 212 g/mol. The van der Waals surface area contributed by atoms with E-state index >= 15 is 0 Å². The molecule has 0 heterocycles. The molecule has 0 N–H and O–H groups in total. The molecule has 16 heavy (non-hydrogen) atoms. The first-order valence-corrected chi connectivity index (χ1v) is 5.79. The number of hydrogen-bond acceptors (Lipinski definition) is 1. The van der Waals surface area contributed by atoms with E-state index in [0.717, 1.165) is 30.3 Å². The summed E-state index contributed by atoms with van der Waals surface area (Å²) >= 11 is 0. The molecule has 0 radical (unpaired) electrons. The number of hydrogen-bond donors (Lipinski definition) is 0. The second kappa shape index (κ2) is 4.48. The second-order valence-electron chi connectivity index (χ2n) is 4.01. The zero-order chi connectivity index (χ0) is 11.5. The molecule has 0 atom stereocenters. The third-order valence-electron chi connectivity index (χ3n) is 3.12. The van der Waals surface area contributed by atoms with E-state index in [0.29, 0.717) is 0 Å². The first-order chi connectivity index (χ1) is 7.80. The van der Waals surface area contributed by atoms with E-state index in [-0.39, 0.29) is 0 Å². The van der Waals surface area contributed by atoms with Gasteiger partial charge in [-0.25, -0.2) is 0 Å². The van der Waals surface area contributed by atoms with E-state index in [1.54, 1.807) is 0 Å². The smallest absolute Gasteiger partial charge is 0.150 e. The Morgan fingerprint density at radius 3 is 2.44 bits per heavy atom. The molecular weight excluding hydrogens is 196 g/mol. The molecule has 0 aromatic heterocycles. The number of aryl methyl sites for hydroxylation is 2.